The summed E-state index contributed by atoms with van der Waals surface area (Å²) in [5.41, 5.74) is 0. The van der Waals surface area contributed by atoms with Gasteiger partial charge in [0.05, 0.1) is 6.26 Å². The van der Waals surface area contributed by atoms with E-state index in [0.29, 0.717) is 25.4 Å². The van der Waals surface area contributed by atoms with Gasteiger partial charge in [-0.05, 0) is 64.1 Å². The quantitative estimate of drug-likeness (QED) is 0.608. The first-order valence-corrected chi connectivity index (χ1v) is 12.1. The lowest BCUT2D eigenvalue weighted by Crippen LogP contribution is -2.51. The molecule has 2 saturated heterocycles. The zero-order chi connectivity index (χ0) is 19.2. The average molecular weight is 388 g/mol. The molecule has 2 rings (SSSR count). The van der Waals surface area contributed by atoms with Crippen LogP contribution < -0.4 is 0 Å². The van der Waals surface area contributed by atoms with Crippen LogP contribution in [0.15, 0.2) is 0 Å². The summed E-state index contributed by atoms with van der Waals surface area (Å²) in [6.07, 6.45) is 7.88. The van der Waals surface area contributed by atoms with Gasteiger partial charge in [0.2, 0.25) is 15.9 Å². The second-order valence-corrected chi connectivity index (χ2v) is 10.3. The lowest BCUT2D eigenvalue weighted by molar-refractivity contribution is -0.133. The van der Waals surface area contributed by atoms with Crippen LogP contribution >= 0.6 is 0 Å². The van der Waals surface area contributed by atoms with E-state index in [4.69, 9.17) is 0 Å². The second-order valence-electron chi connectivity index (χ2n) is 8.34. The number of carbonyl (C=O) groups excluding carboxylic acids is 1. The lowest BCUT2D eigenvalue weighted by Gasteiger charge is -2.38. The average Bonchev–Trinajstić information content (AvgIpc) is 3.09. The monoisotopic (exact) mass is 387 g/mol. The van der Waals surface area contributed by atoms with Gasteiger partial charge in [0.1, 0.15) is 0 Å². The fraction of sp³-hybridized carbons (Fsp3) is 0.947. The maximum atomic E-state index is 12.5. The molecule has 2 fully saturated rings. The van der Waals surface area contributed by atoms with Crippen molar-refractivity contribution >= 4 is 15.9 Å². The fourth-order valence-corrected chi connectivity index (χ4v) is 5.24. The van der Waals surface area contributed by atoms with E-state index in [1.54, 1.807) is 4.31 Å². The van der Waals surface area contributed by atoms with Gasteiger partial charge in [-0.1, -0.05) is 13.8 Å². The molecule has 2 aliphatic rings. The van der Waals surface area contributed by atoms with Gasteiger partial charge in [0.15, 0.2) is 0 Å². The van der Waals surface area contributed by atoms with E-state index >= 15 is 0 Å². The van der Waals surface area contributed by atoms with E-state index in [2.05, 4.69) is 18.7 Å². The van der Waals surface area contributed by atoms with Gasteiger partial charge >= 0.3 is 0 Å². The van der Waals surface area contributed by atoms with E-state index in [1.165, 1.54) is 19.1 Å². The molecule has 1 amide bonds. The molecular formula is C19H37N3O3S. The van der Waals surface area contributed by atoms with Crippen molar-refractivity contribution in [3.05, 3.63) is 0 Å². The van der Waals surface area contributed by atoms with Crippen molar-refractivity contribution in [3.8, 4) is 0 Å². The van der Waals surface area contributed by atoms with Crippen LogP contribution in [-0.4, -0.2) is 80.0 Å². The van der Waals surface area contributed by atoms with Crippen LogP contribution in [0, 0.1) is 5.92 Å². The zero-order valence-corrected chi connectivity index (χ0v) is 17.6. The van der Waals surface area contributed by atoms with E-state index in [9.17, 15) is 13.2 Å². The first kappa shape index (κ1) is 21.6. The van der Waals surface area contributed by atoms with Crippen molar-refractivity contribution in [1.29, 1.82) is 0 Å². The van der Waals surface area contributed by atoms with Gasteiger partial charge in [-0.25, -0.2) is 8.42 Å². The number of rotatable bonds is 9. The molecule has 6 nitrogen and oxygen atoms in total. The van der Waals surface area contributed by atoms with E-state index in [1.807, 2.05) is 4.90 Å². The van der Waals surface area contributed by atoms with Crippen molar-refractivity contribution in [1.82, 2.24) is 14.1 Å². The number of hydrogen-bond acceptors (Lipinski definition) is 4. The summed E-state index contributed by atoms with van der Waals surface area (Å²) in [4.78, 5) is 16.8. The Kier molecular flexibility index (Phi) is 8.36. The zero-order valence-electron chi connectivity index (χ0n) is 16.8. The molecule has 7 heteroatoms. The van der Waals surface area contributed by atoms with Crippen LogP contribution in [0.5, 0.6) is 0 Å². The Morgan fingerprint density at radius 1 is 1.15 bits per heavy atom. The van der Waals surface area contributed by atoms with Gasteiger partial charge in [-0.15, -0.1) is 0 Å². The van der Waals surface area contributed by atoms with Crippen molar-refractivity contribution < 1.29 is 13.2 Å². The number of sulfonamides is 1. The summed E-state index contributed by atoms with van der Waals surface area (Å²) < 4.78 is 26.4. The maximum Gasteiger partial charge on any atom is 0.222 e. The maximum absolute atomic E-state index is 12.5. The Morgan fingerprint density at radius 3 is 2.46 bits per heavy atom. The summed E-state index contributed by atoms with van der Waals surface area (Å²) in [6.45, 7) is 9.37. The molecule has 0 aromatic heterocycles. The smallest absolute Gasteiger partial charge is 0.222 e. The van der Waals surface area contributed by atoms with Gasteiger partial charge in [0.25, 0.3) is 0 Å². The molecule has 152 valence electrons. The summed E-state index contributed by atoms with van der Waals surface area (Å²) >= 11 is 0. The molecule has 1 atom stereocenters. The highest BCUT2D eigenvalue weighted by molar-refractivity contribution is 7.88. The first-order chi connectivity index (χ1) is 12.3. The number of piperidine rings is 1. The molecular weight excluding hydrogens is 350 g/mol. The Morgan fingerprint density at radius 2 is 1.85 bits per heavy atom. The minimum Gasteiger partial charge on any atom is -0.341 e. The molecule has 0 N–H and O–H groups in total. The van der Waals surface area contributed by atoms with Crippen LogP contribution in [0.4, 0.5) is 0 Å². The van der Waals surface area contributed by atoms with Crippen LogP contribution in [0.1, 0.15) is 58.8 Å². The third-order valence-electron chi connectivity index (χ3n) is 5.57. The van der Waals surface area contributed by atoms with Crippen molar-refractivity contribution in [2.75, 3.05) is 45.5 Å². The minimum absolute atomic E-state index is 0.0691. The molecule has 2 aliphatic heterocycles. The van der Waals surface area contributed by atoms with Gasteiger partial charge < -0.3 is 9.80 Å². The summed E-state index contributed by atoms with van der Waals surface area (Å²) in [7, 11) is -3.26. The summed E-state index contributed by atoms with van der Waals surface area (Å²) in [5, 5.41) is 0. The van der Waals surface area contributed by atoms with Crippen molar-refractivity contribution in [2.24, 2.45) is 5.92 Å². The summed E-state index contributed by atoms with van der Waals surface area (Å²) in [5.74, 6) is 0.687. The molecule has 26 heavy (non-hydrogen) atoms. The number of amides is 1. The van der Waals surface area contributed by atoms with Crippen LogP contribution in [0.2, 0.25) is 0 Å². The van der Waals surface area contributed by atoms with Crippen molar-refractivity contribution in [2.45, 2.75) is 64.8 Å². The highest BCUT2D eigenvalue weighted by atomic mass is 32.2. The van der Waals surface area contributed by atoms with Crippen molar-refractivity contribution in [3.63, 3.8) is 0 Å². The Hall–Kier alpha value is -0.660. The van der Waals surface area contributed by atoms with Gasteiger partial charge in [0, 0.05) is 32.1 Å². The second kappa shape index (κ2) is 10.0. The highest BCUT2D eigenvalue weighted by Crippen LogP contribution is 2.21. The molecule has 0 saturated carbocycles. The molecule has 0 aliphatic carbocycles. The Labute approximate surface area is 159 Å². The minimum atomic E-state index is -3.26. The first-order valence-electron chi connectivity index (χ1n) is 10.2. The predicted molar refractivity (Wildman–Crippen MR) is 106 cm³/mol. The Balaban J connectivity index is 1.90. The fourth-order valence-electron chi connectivity index (χ4n) is 4.06. The topological polar surface area (TPSA) is 60.9 Å². The highest BCUT2D eigenvalue weighted by Gasteiger charge is 2.32. The molecule has 0 aromatic rings. The molecule has 2 heterocycles. The van der Waals surface area contributed by atoms with Gasteiger partial charge in [-0.3, -0.25) is 4.79 Å². The number of carbonyl (C=O) groups is 1. The standard InChI is InChI=1S/C19H37N3O3S/c1-17(2)9-10-19(23)21-14-6-8-18(16-21)22(26(3,24)25)15-7-13-20-11-4-5-12-20/h17-18H,4-16H2,1-3H3. The van der Waals surface area contributed by atoms with E-state index < -0.39 is 10.0 Å². The number of likely N-dealkylation sites (tertiary alicyclic amines) is 2. The largest absolute Gasteiger partial charge is 0.341 e. The molecule has 0 spiro atoms. The van der Waals surface area contributed by atoms with Gasteiger partial charge in [-0.2, -0.15) is 4.31 Å². The number of nitrogens with zero attached hydrogens (tertiary/aromatic N) is 3. The molecule has 0 radical (unpaired) electrons. The molecule has 1 unspecified atom stereocenters. The third-order valence-corrected chi connectivity index (χ3v) is 6.90. The normalized spacial score (nSPS) is 22.5. The Bertz CT molecular complexity index is 544. The SMILES string of the molecule is CC(C)CCC(=O)N1CCCC(N(CCCN2CCCC2)S(C)(=O)=O)C1. The van der Waals surface area contributed by atoms with Crippen LogP contribution in [0.25, 0.3) is 0 Å². The lowest BCUT2D eigenvalue weighted by atomic mass is 10.0. The van der Waals surface area contributed by atoms with Crippen LogP contribution in [-0.2, 0) is 14.8 Å². The summed E-state index contributed by atoms with van der Waals surface area (Å²) in [6, 6.07) is -0.0691. The third kappa shape index (κ3) is 6.82. The molecule has 0 aromatic carbocycles. The van der Waals surface area contributed by atoms with E-state index in [0.717, 1.165) is 51.9 Å². The predicted octanol–water partition coefficient (Wildman–Crippen LogP) is 2.16. The number of hydrogen-bond donors (Lipinski definition) is 0. The van der Waals surface area contributed by atoms with E-state index in [-0.39, 0.29) is 11.9 Å². The molecule has 0 bridgehead atoms. The van der Waals surface area contributed by atoms with Crippen LogP contribution in [0.3, 0.4) is 0 Å².